The Morgan fingerprint density at radius 3 is 2.50 bits per heavy atom. The van der Waals surface area contributed by atoms with Crippen molar-refractivity contribution in [3.63, 3.8) is 0 Å². The van der Waals surface area contributed by atoms with E-state index >= 15 is 0 Å². The van der Waals surface area contributed by atoms with Gasteiger partial charge < -0.3 is 15.1 Å². The first kappa shape index (κ1) is 23.1. The molecule has 0 aliphatic carbocycles. The van der Waals surface area contributed by atoms with Gasteiger partial charge in [0.1, 0.15) is 5.82 Å². The summed E-state index contributed by atoms with van der Waals surface area (Å²) in [7, 11) is -3.86. The number of hydrogen-bond donors (Lipinski definition) is 1. The molecule has 2 saturated heterocycles. The van der Waals surface area contributed by atoms with Gasteiger partial charge in [0.25, 0.3) is 0 Å². The molecule has 2 aliphatic heterocycles. The molecule has 0 atom stereocenters. The smallest absolute Gasteiger partial charge is 0.243 e. The van der Waals surface area contributed by atoms with Crippen LogP contribution < -0.4 is 5.32 Å². The Morgan fingerprint density at radius 1 is 1.07 bits per heavy atom. The highest BCUT2D eigenvalue weighted by Gasteiger charge is 2.26. The molecule has 1 aromatic carbocycles. The van der Waals surface area contributed by atoms with Gasteiger partial charge in [0.15, 0.2) is 0 Å². The van der Waals surface area contributed by atoms with Crippen LogP contribution in [0.25, 0.3) is 0 Å². The first-order valence-electron chi connectivity index (χ1n) is 10.9. The third kappa shape index (κ3) is 6.47. The number of sulfonamides is 1. The Balaban J connectivity index is 1.64. The maximum Gasteiger partial charge on any atom is 0.243 e. The normalized spacial score (nSPS) is 18.7. The van der Waals surface area contributed by atoms with Crippen LogP contribution in [0.4, 0.5) is 4.39 Å². The lowest BCUT2D eigenvalue weighted by atomic mass is 10.1. The molecule has 168 valence electrons. The van der Waals surface area contributed by atoms with Crippen molar-refractivity contribution in [3.8, 4) is 0 Å². The van der Waals surface area contributed by atoms with E-state index in [1.165, 1.54) is 41.8 Å². The summed E-state index contributed by atoms with van der Waals surface area (Å²) in [6, 6.07) is 5.09. The number of halogens is 1. The van der Waals surface area contributed by atoms with Crippen molar-refractivity contribution in [2.24, 2.45) is 0 Å². The zero-order chi connectivity index (χ0) is 21.4. The van der Waals surface area contributed by atoms with Gasteiger partial charge in [0.2, 0.25) is 15.9 Å². The first-order valence-corrected chi connectivity index (χ1v) is 12.4. The number of piperidine rings is 1. The fourth-order valence-corrected chi connectivity index (χ4v) is 5.59. The zero-order valence-electron chi connectivity index (χ0n) is 17.6. The molecule has 0 spiro atoms. The van der Waals surface area contributed by atoms with E-state index in [1.807, 2.05) is 0 Å². The molecule has 2 fully saturated rings. The Hall–Kier alpha value is -1.55. The van der Waals surface area contributed by atoms with Gasteiger partial charge in [0.05, 0.1) is 4.90 Å². The van der Waals surface area contributed by atoms with Crippen LogP contribution in [0.1, 0.15) is 32.1 Å². The molecule has 0 bridgehead atoms. The molecule has 9 heteroatoms. The Kier molecular flexibility index (Phi) is 8.61. The van der Waals surface area contributed by atoms with E-state index in [0.29, 0.717) is 26.1 Å². The molecule has 2 aliphatic rings. The summed E-state index contributed by atoms with van der Waals surface area (Å²) in [5.41, 5.74) is 0. The molecule has 0 saturated carbocycles. The molecule has 1 aromatic rings. The van der Waals surface area contributed by atoms with Crippen LogP contribution in [0.15, 0.2) is 29.2 Å². The molecule has 7 nitrogen and oxygen atoms in total. The number of carbonyl (C=O) groups excluding carboxylic acids is 1. The van der Waals surface area contributed by atoms with Gasteiger partial charge in [-0.25, -0.2) is 12.8 Å². The van der Waals surface area contributed by atoms with Gasteiger partial charge >= 0.3 is 0 Å². The fourth-order valence-electron chi connectivity index (χ4n) is 4.08. The van der Waals surface area contributed by atoms with Crippen molar-refractivity contribution < 1.29 is 17.6 Å². The second-order valence-electron chi connectivity index (χ2n) is 8.00. The molecule has 2 heterocycles. The minimum atomic E-state index is -3.86. The predicted molar refractivity (Wildman–Crippen MR) is 114 cm³/mol. The highest BCUT2D eigenvalue weighted by Crippen LogP contribution is 2.18. The van der Waals surface area contributed by atoms with Gasteiger partial charge in [-0.15, -0.1) is 0 Å². The van der Waals surface area contributed by atoms with E-state index in [0.717, 1.165) is 38.8 Å². The summed E-state index contributed by atoms with van der Waals surface area (Å²) < 4.78 is 41.3. The number of amides is 1. The molecule has 1 N–H and O–H groups in total. The second kappa shape index (κ2) is 11.2. The molecular weight excluding hydrogens is 407 g/mol. The summed E-state index contributed by atoms with van der Waals surface area (Å²) in [5, 5.41) is 3.20. The van der Waals surface area contributed by atoms with Crippen molar-refractivity contribution in [3.05, 3.63) is 30.1 Å². The monoisotopic (exact) mass is 440 g/mol. The van der Waals surface area contributed by atoms with Crippen molar-refractivity contribution >= 4 is 15.9 Å². The Labute approximate surface area is 179 Å². The number of carbonyl (C=O) groups is 1. The molecular formula is C21H33FN4O3S. The average Bonchev–Trinajstić information content (AvgIpc) is 2.77. The lowest BCUT2D eigenvalue weighted by Crippen LogP contribution is -2.47. The first-order chi connectivity index (χ1) is 14.5. The van der Waals surface area contributed by atoms with Crippen LogP contribution >= 0.6 is 0 Å². The number of likely N-dealkylation sites (tertiary alicyclic amines) is 1. The van der Waals surface area contributed by atoms with Crippen LogP contribution in [-0.4, -0.2) is 87.3 Å². The number of hydrogen-bond acceptors (Lipinski definition) is 5. The van der Waals surface area contributed by atoms with Gasteiger partial charge in [-0.3, -0.25) is 4.79 Å². The third-order valence-electron chi connectivity index (χ3n) is 5.81. The molecule has 1 amide bonds. The summed E-state index contributed by atoms with van der Waals surface area (Å²) >= 11 is 0. The van der Waals surface area contributed by atoms with Crippen LogP contribution in [0.5, 0.6) is 0 Å². The summed E-state index contributed by atoms with van der Waals surface area (Å²) in [6.45, 7) is 6.18. The van der Waals surface area contributed by atoms with Crippen LogP contribution in [0.2, 0.25) is 0 Å². The van der Waals surface area contributed by atoms with E-state index in [-0.39, 0.29) is 23.8 Å². The lowest BCUT2D eigenvalue weighted by Gasteiger charge is -2.30. The van der Waals surface area contributed by atoms with Gasteiger partial charge in [-0.1, -0.05) is 12.5 Å². The number of nitrogens with one attached hydrogen (secondary N) is 1. The molecule has 0 unspecified atom stereocenters. The lowest BCUT2D eigenvalue weighted by molar-refractivity contribution is -0.131. The minimum Gasteiger partial charge on any atom is -0.340 e. The Bertz CT molecular complexity index is 793. The quantitative estimate of drug-likeness (QED) is 0.630. The Morgan fingerprint density at radius 2 is 1.80 bits per heavy atom. The van der Waals surface area contributed by atoms with Crippen LogP contribution in [0, 0.1) is 5.82 Å². The number of rotatable bonds is 9. The minimum absolute atomic E-state index is 0.0352. The fraction of sp³-hybridized carbons (Fsp3) is 0.667. The SMILES string of the molecule is O=C(CCN(CCCN1CCCCC1)S(=O)(=O)c1cccc(F)c1)N1CCNCC1. The maximum absolute atomic E-state index is 13.7. The maximum atomic E-state index is 13.7. The van der Waals surface area contributed by atoms with E-state index in [4.69, 9.17) is 0 Å². The molecule has 30 heavy (non-hydrogen) atoms. The predicted octanol–water partition coefficient (Wildman–Crippen LogP) is 1.51. The number of nitrogens with zero attached hydrogens (tertiary/aromatic N) is 3. The van der Waals surface area contributed by atoms with Crippen molar-refractivity contribution in [2.45, 2.75) is 37.0 Å². The average molecular weight is 441 g/mol. The second-order valence-corrected chi connectivity index (χ2v) is 9.94. The molecule has 0 aromatic heterocycles. The molecule has 3 rings (SSSR count). The van der Waals surface area contributed by atoms with Gasteiger partial charge in [0, 0.05) is 45.7 Å². The van der Waals surface area contributed by atoms with Gasteiger partial charge in [-0.2, -0.15) is 4.31 Å². The van der Waals surface area contributed by atoms with E-state index in [2.05, 4.69) is 10.2 Å². The van der Waals surface area contributed by atoms with Crippen LogP contribution in [0.3, 0.4) is 0 Å². The topological polar surface area (TPSA) is 73.0 Å². The largest absolute Gasteiger partial charge is 0.340 e. The zero-order valence-corrected chi connectivity index (χ0v) is 18.4. The van der Waals surface area contributed by atoms with E-state index in [9.17, 15) is 17.6 Å². The number of benzene rings is 1. The summed E-state index contributed by atoms with van der Waals surface area (Å²) in [5.74, 6) is -0.617. The summed E-state index contributed by atoms with van der Waals surface area (Å²) in [4.78, 5) is 16.6. The van der Waals surface area contributed by atoms with Crippen molar-refractivity contribution in [2.75, 3.05) is 58.9 Å². The standard InChI is InChI=1S/C21H33FN4O3S/c22-19-6-4-7-20(18-19)30(28,29)26(14-5-13-24-11-2-1-3-12-24)15-8-21(27)25-16-9-23-10-17-25/h4,6-7,18,23H,1-3,5,8-17H2. The van der Waals surface area contributed by atoms with E-state index < -0.39 is 15.8 Å². The van der Waals surface area contributed by atoms with Gasteiger partial charge in [-0.05, 0) is 57.1 Å². The van der Waals surface area contributed by atoms with Crippen LogP contribution in [-0.2, 0) is 14.8 Å². The van der Waals surface area contributed by atoms with Crippen molar-refractivity contribution in [1.29, 1.82) is 0 Å². The highest BCUT2D eigenvalue weighted by atomic mass is 32.2. The van der Waals surface area contributed by atoms with Crippen molar-refractivity contribution in [1.82, 2.24) is 19.4 Å². The molecule has 0 radical (unpaired) electrons. The third-order valence-corrected chi connectivity index (χ3v) is 7.70. The van der Waals surface area contributed by atoms with E-state index in [1.54, 1.807) is 4.90 Å². The summed E-state index contributed by atoms with van der Waals surface area (Å²) in [6.07, 6.45) is 4.45. The highest BCUT2D eigenvalue weighted by molar-refractivity contribution is 7.89. The number of piperazine rings is 1.